The van der Waals surface area contributed by atoms with Gasteiger partial charge in [-0.05, 0) is 46.5 Å². The average Bonchev–Trinajstić information content (AvgIpc) is 2.42. The molecule has 0 aliphatic carbocycles. The van der Waals surface area contributed by atoms with Crippen LogP contribution in [-0.4, -0.2) is 65.8 Å². The summed E-state index contributed by atoms with van der Waals surface area (Å²) in [4.78, 5) is 16.3. The largest absolute Gasteiger partial charge is 0.396 e. The molecule has 0 atom stereocenters. The molecule has 0 radical (unpaired) electrons. The molecule has 118 valence electrons. The summed E-state index contributed by atoms with van der Waals surface area (Å²) < 4.78 is 0. The first-order valence-electron chi connectivity index (χ1n) is 7.85. The van der Waals surface area contributed by atoms with Crippen LogP contribution in [0.15, 0.2) is 0 Å². The molecule has 0 spiro atoms. The van der Waals surface area contributed by atoms with Crippen LogP contribution in [0.4, 0.5) is 4.79 Å². The second kappa shape index (κ2) is 8.47. The van der Waals surface area contributed by atoms with E-state index in [1.165, 1.54) is 0 Å². The van der Waals surface area contributed by atoms with Crippen molar-refractivity contribution in [3.05, 3.63) is 0 Å². The van der Waals surface area contributed by atoms with Crippen LogP contribution in [0.5, 0.6) is 0 Å². The predicted octanol–water partition coefficient (Wildman–Crippen LogP) is 1.52. The van der Waals surface area contributed by atoms with E-state index >= 15 is 0 Å². The van der Waals surface area contributed by atoms with E-state index in [9.17, 15) is 4.79 Å². The number of likely N-dealkylation sites (tertiary alicyclic amines) is 1. The first kappa shape index (κ1) is 17.2. The van der Waals surface area contributed by atoms with E-state index in [0.717, 1.165) is 32.5 Å². The number of aliphatic hydroxyl groups is 1. The number of piperidine rings is 1. The molecule has 1 rings (SSSR count). The highest BCUT2D eigenvalue weighted by atomic mass is 16.3. The highest BCUT2D eigenvalue weighted by molar-refractivity contribution is 5.74. The van der Waals surface area contributed by atoms with Gasteiger partial charge < -0.3 is 15.3 Å². The van der Waals surface area contributed by atoms with Crippen LogP contribution < -0.4 is 5.32 Å². The van der Waals surface area contributed by atoms with Crippen LogP contribution in [0.25, 0.3) is 0 Å². The third kappa shape index (κ3) is 5.29. The number of nitrogens with one attached hydrogen (secondary N) is 1. The molecule has 20 heavy (non-hydrogen) atoms. The number of hydrogen-bond acceptors (Lipinski definition) is 3. The summed E-state index contributed by atoms with van der Waals surface area (Å²) in [5, 5.41) is 12.1. The number of rotatable bonds is 6. The summed E-state index contributed by atoms with van der Waals surface area (Å²) in [6.07, 6.45) is 1.82. The minimum atomic E-state index is 0.0360. The van der Waals surface area contributed by atoms with Gasteiger partial charge in [-0.1, -0.05) is 0 Å². The van der Waals surface area contributed by atoms with Gasteiger partial charge in [0, 0.05) is 44.9 Å². The average molecular weight is 285 g/mol. The zero-order valence-corrected chi connectivity index (χ0v) is 13.4. The maximum absolute atomic E-state index is 12.0. The molecular formula is C15H31N3O2. The van der Waals surface area contributed by atoms with Gasteiger partial charge in [0.05, 0.1) is 0 Å². The van der Waals surface area contributed by atoms with Crippen LogP contribution in [0.3, 0.4) is 0 Å². The van der Waals surface area contributed by atoms with Gasteiger partial charge in [0.25, 0.3) is 0 Å². The molecule has 1 aliphatic rings. The van der Waals surface area contributed by atoms with Gasteiger partial charge in [-0.25, -0.2) is 4.79 Å². The topological polar surface area (TPSA) is 55.8 Å². The van der Waals surface area contributed by atoms with Crippen molar-refractivity contribution in [1.82, 2.24) is 15.1 Å². The SMILES string of the molecule is CC(C)N(CCNC(=O)N1CCC(CO)CC1)C(C)C. The first-order valence-corrected chi connectivity index (χ1v) is 7.85. The van der Waals surface area contributed by atoms with E-state index in [2.05, 4.69) is 37.9 Å². The normalized spacial score (nSPS) is 17.3. The lowest BCUT2D eigenvalue weighted by Crippen LogP contribution is -2.48. The van der Waals surface area contributed by atoms with Crippen molar-refractivity contribution in [2.24, 2.45) is 5.92 Å². The van der Waals surface area contributed by atoms with Crippen LogP contribution in [-0.2, 0) is 0 Å². The van der Waals surface area contributed by atoms with E-state index < -0.39 is 0 Å². The summed E-state index contributed by atoms with van der Waals surface area (Å²) in [5.74, 6) is 0.372. The Labute approximate surface area is 123 Å². The smallest absolute Gasteiger partial charge is 0.317 e. The quantitative estimate of drug-likeness (QED) is 0.778. The van der Waals surface area contributed by atoms with E-state index in [-0.39, 0.29) is 12.6 Å². The fourth-order valence-corrected chi connectivity index (χ4v) is 2.84. The maximum atomic E-state index is 12.0. The van der Waals surface area contributed by atoms with E-state index in [0.29, 0.717) is 24.5 Å². The third-order valence-corrected chi connectivity index (χ3v) is 4.13. The molecule has 5 nitrogen and oxygen atoms in total. The Kier molecular flexibility index (Phi) is 7.30. The number of carbonyl (C=O) groups excluding carboxylic acids is 1. The molecule has 0 aromatic rings. The fourth-order valence-electron chi connectivity index (χ4n) is 2.84. The Morgan fingerprint density at radius 3 is 2.25 bits per heavy atom. The van der Waals surface area contributed by atoms with Crippen LogP contribution >= 0.6 is 0 Å². The van der Waals surface area contributed by atoms with Gasteiger partial charge >= 0.3 is 6.03 Å². The van der Waals surface area contributed by atoms with Crippen molar-refractivity contribution in [1.29, 1.82) is 0 Å². The number of amides is 2. The van der Waals surface area contributed by atoms with Crippen molar-refractivity contribution < 1.29 is 9.90 Å². The molecule has 5 heteroatoms. The van der Waals surface area contributed by atoms with Gasteiger partial charge in [-0.15, -0.1) is 0 Å². The Hall–Kier alpha value is -0.810. The van der Waals surface area contributed by atoms with Crippen LogP contribution in [0.2, 0.25) is 0 Å². The minimum Gasteiger partial charge on any atom is -0.396 e. The summed E-state index contributed by atoms with van der Waals surface area (Å²) in [6, 6.07) is 1.02. The maximum Gasteiger partial charge on any atom is 0.317 e. The molecule has 1 heterocycles. The molecule has 0 bridgehead atoms. The molecule has 2 amide bonds. The van der Waals surface area contributed by atoms with Crippen molar-refractivity contribution in [3.8, 4) is 0 Å². The van der Waals surface area contributed by atoms with Crippen molar-refractivity contribution >= 4 is 6.03 Å². The second-order valence-corrected chi connectivity index (χ2v) is 6.27. The lowest BCUT2D eigenvalue weighted by atomic mass is 9.98. The lowest BCUT2D eigenvalue weighted by molar-refractivity contribution is 0.134. The molecule has 0 aromatic carbocycles. The molecule has 1 aliphatic heterocycles. The fraction of sp³-hybridized carbons (Fsp3) is 0.933. The van der Waals surface area contributed by atoms with E-state index in [4.69, 9.17) is 5.11 Å². The van der Waals surface area contributed by atoms with E-state index in [1.54, 1.807) is 0 Å². The Balaban J connectivity index is 2.26. The third-order valence-electron chi connectivity index (χ3n) is 4.13. The van der Waals surface area contributed by atoms with Crippen molar-refractivity contribution in [3.63, 3.8) is 0 Å². The molecule has 1 fully saturated rings. The molecule has 2 N–H and O–H groups in total. The van der Waals surface area contributed by atoms with E-state index in [1.807, 2.05) is 4.90 Å². The number of nitrogens with zero attached hydrogens (tertiary/aromatic N) is 2. The number of carbonyl (C=O) groups is 1. The Bertz CT molecular complexity index is 279. The summed E-state index contributed by atoms with van der Waals surface area (Å²) in [7, 11) is 0. The molecule has 0 saturated carbocycles. The lowest BCUT2D eigenvalue weighted by Gasteiger charge is -2.33. The number of hydrogen-bond donors (Lipinski definition) is 2. The molecule has 0 unspecified atom stereocenters. The Morgan fingerprint density at radius 1 is 1.25 bits per heavy atom. The monoisotopic (exact) mass is 285 g/mol. The molecule has 0 aromatic heterocycles. The number of urea groups is 1. The summed E-state index contributed by atoms with van der Waals surface area (Å²) in [6.45, 7) is 12.1. The van der Waals surface area contributed by atoms with Crippen molar-refractivity contribution in [2.45, 2.75) is 52.6 Å². The molecule has 1 saturated heterocycles. The highest BCUT2D eigenvalue weighted by Gasteiger charge is 2.22. The summed E-state index contributed by atoms with van der Waals surface area (Å²) in [5.41, 5.74) is 0. The zero-order chi connectivity index (χ0) is 15.1. The Morgan fingerprint density at radius 2 is 1.80 bits per heavy atom. The van der Waals surface area contributed by atoms with Gasteiger partial charge in [-0.2, -0.15) is 0 Å². The minimum absolute atomic E-state index is 0.0360. The number of aliphatic hydroxyl groups excluding tert-OH is 1. The van der Waals surface area contributed by atoms with Gasteiger partial charge in [-0.3, -0.25) is 4.90 Å². The predicted molar refractivity (Wildman–Crippen MR) is 81.8 cm³/mol. The van der Waals surface area contributed by atoms with Gasteiger partial charge in [0.1, 0.15) is 0 Å². The van der Waals surface area contributed by atoms with Gasteiger partial charge in [0.15, 0.2) is 0 Å². The standard InChI is InChI=1S/C15H31N3O2/c1-12(2)18(13(3)4)10-7-16-15(20)17-8-5-14(11-19)6-9-17/h12-14,19H,5-11H2,1-4H3,(H,16,20). The zero-order valence-electron chi connectivity index (χ0n) is 13.4. The van der Waals surface area contributed by atoms with Crippen LogP contribution in [0, 0.1) is 5.92 Å². The first-order chi connectivity index (χ1) is 9.45. The summed E-state index contributed by atoms with van der Waals surface area (Å²) >= 11 is 0. The van der Waals surface area contributed by atoms with Gasteiger partial charge in [0.2, 0.25) is 0 Å². The second-order valence-electron chi connectivity index (χ2n) is 6.27. The highest BCUT2D eigenvalue weighted by Crippen LogP contribution is 2.16. The van der Waals surface area contributed by atoms with Crippen molar-refractivity contribution in [2.75, 3.05) is 32.8 Å². The van der Waals surface area contributed by atoms with Crippen LogP contribution in [0.1, 0.15) is 40.5 Å². The molecular weight excluding hydrogens is 254 g/mol.